The summed E-state index contributed by atoms with van der Waals surface area (Å²) in [5, 5.41) is 8.99. The highest BCUT2D eigenvalue weighted by Crippen LogP contribution is 2.51. The van der Waals surface area contributed by atoms with E-state index in [4.69, 9.17) is 5.26 Å². The van der Waals surface area contributed by atoms with Crippen molar-refractivity contribution in [1.82, 2.24) is 4.90 Å². The van der Waals surface area contributed by atoms with E-state index >= 15 is 0 Å². The van der Waals surface area contributed by atoms with Gasteiger partial charge in [-0.15, -0.1) is 0 Å². The van der Waals surface area contributed by atoms with Crippen LogP contribution in [-0.2, 0) is 4.79 Å². The fraction of sp³-hybridized carbons (Fsp3) is 0.833. The Kier molecular flexibility index (Phi) is 1.69. The van der Waals surface area contributed by atoms with Gasteiger partial charge in [-0.3, -0.25) is 4.79 Å². The Morgan fingerprint density at radius 3 is 2.33 bits per heavy atom. The molecule has 0 aromatic rings. The molecular weight excluding hydrogens is 188 g/mol. The Hall–Kier alpha value is -1.04. The molecule has 1 spiro atoms. The molecule has 0 radical (unpaired) electrons. The standard InChI is InChI=1S/C12H16N2O/c13-8-12(4-5-12)10(15)14-7-6-11(9-14)2-1-3-11/h1-7,9H2. The van der Waals surface area contributed by atoms with Crippen LogP contribution in [0.5, 0.6) is 0 Å². The van der Waals surface area contributed by atoms with Gasteiger partial charge in [0, 0.05) is 13.1 Å². The number of hydrogen-bond donors (Lipinski definition) is 0. The van der Waals surface area contributed by atoms with Crippen molar-refractivity contribution in [2.45, 2.75) is 38.5 Å². The molecule has 1 amide bonds. The van der Waals surface area contributed by atoms with Crippen molar-refractivity contribution in [3.63, 3.8) is 0 Å². The first-order valence-electron chi connectivity index (χ1n) is 5.91. The summed E-state index contributed by atoms with van der Waals surface area (Å²) in [6.07, 6.45) is 6.63. The zero-order valence-corrected chi connectivity index (χ0v) is 8.96. The summed E-state index contributed by atoms with van der Waals surface area (Å²) in [6, 6.07) is 2.20. The number of nitrogens with zero attached hydrogens (tertiary/aromatic N) is 2. The highest BCUT2D eigenvalue weighted by Gasteiger charge is 2.55. The van der Waals surface area contributed by atoms with Gasteiger partial charge in [-0.25, -0.2) is 0 Å². The smallest absolute Gasteiger partial charge is 0.243 e. The molecule has 1 saturated heterocycles. The van der Waals surface area contributed by atoms with E-state index in [0.717, 1.165) is 25.9 Å². The van der Waals surface area contributed by atoms with Crippen molar-refractivity contribution in [2.75, 3.05) is 13.1 Å². The Balaban J connectivity index is 1.70. The fourth-order valence-corrected chi connectivity index (χ4v) is 2.99. The van der Waals surface area contributed by atoms with E-state index < -0.39 is 5.41 Å². The minimum absolute atomic E-state index is 0.119. The minimum atomic E-state index is -0.602. The number of hydrogen-bond acceptors (Lipinski definition) is 2. The third-order valence-corrected chi connectivity index (χ3v) is 4.51. The van der Waals surface area contributed by atoms with Crippen LogP contribution in [0.15, 0.2) is 0 Å². The minimum Gasteiger partial charge on any atom is -0.341 e. The van der Waals surface area contributed by atoms with Gasteiger partial charge in [0.2, 0.25) is 5.91 Å². The normalized spacial score (nSPS) is 29.7. The largest absolute Gasteiger partial charge is 0.341 e. The topological polar surface area (TPSA) is 44.1 Å². The molecule has 2 aliphatic carbocycles. The van der Waals surface area contributed by atoms with E-state index in [1.807, 2.05) is 4.90 Å². The summed E-state index contributed by atoms with van der Waals surface area (Å²) in [5.41, 5.74) is -0.142. The van der Waals surface area contributed by atoms with E-state index in [-0.39, 0.29) is 5.91 Å². The lowest BCUT2D eigenvalue weighted by atomic mass is 9.68. The number of amides is 1. The Morgan fingerprint density at radius 1 is 1.20 bits per heavy atom. The maximum absolute atomic E-state index is 12.1. The summed E-state index contributed by atoms with van der Waals surface area (Å²) in [4.78, 5) is 14.0. The first-order valence-corrected chi connectivity index (χ1v) is 5.91. The maximum Gasteiger partial charge on any atom is 0.243 e. The Morgan fingerprint density at radius 2 is 1.93 bits per heavy atom. The number of nitriles is 1. The molecule has 0 unspecified atom stereocenters. The van der Waals surface area contributed by atoms with Crippen LogP contribution in [0.2, 0.25) is 0 Å². The summed E-state index contributed by atoms with van der Waals surface area (Å²) in [7, 11) is 0. The molecule has 3 aliphatic rings. The van der Waals surface area contributed by atoms with Crippen LogP contribution in [-0.4, -0.2) is 23.9 Å². The van der Waals surface area contributed by atoms with Crippen LogP contribution in [0.3, 0.4) is 0 Å². The van der Waals surface area contributed by atoms with E-state index in [2.05, 4.69) is 6.07 Å². The first-order chi connectivity index (χ1) is 7.20. The Labute approximate surface area is 90.1 Å². The SMILES string of the molecule is N#CC1(C(=O)N2CCC3(CCC3)C2)CC1. The summed E-state index contributed by atoms with van der Waals surface area (Å²) in [6.45, 7) is 1.82. The number of likely N-dealkylation sites (tertiary alicyclic amines) is 1. The molecule has 0 atom stereocenters. The van der Waals surface area contributed by atoms with Crippen molar-refractivity contribution in [3.8, 4) is 6.07 Å². The molecule has 3 heteroatoms. The summed E-state index contributed by atoms with van der Waals surface area (Å²) in [5.74, 6) is 0.119. The molecule has 15 heavy (non-hydrogen) atoms. The average molecular weight is 204 g/mol. The van der Waals surface area contributed by atoms with Gasteiger partial charge in [0.05, 0.1) is 6.07 Å². The molecule has 1 aliphatic heterocycles. The number of rotatable bonds is 1. The van der Waals surface area contributed by atoms with Crippen molar-refractivity contribution in [1.29, 1.82) is 5.26 Å². The molecule has 3 rings (SSSR count). The van der Waals surface area contributed by atoms with E-state index in [9.17, 15) is 4.79 Å². The van der Waals surface area contributed by atoms with E-state index in [0.29, 0.717) is 5.41 Å². The molecule has 3 nitrogen and oxygen atoms in total. The van der Waals surface area contributed by atoms with Crippen LogP contribution in [0, 0.1) is 22.2 Å². The van der Waals surface area contributed by atoms with Crippen LogP contribution < -0.4 is 0 Å². The van der Waals surface area contributed by atoms with Gasteiger partial charge in [-0.1, -0.05) is 6.42 Å². The van der Waals surface area contributed by atoms with Crippen LogP contribution >= 0.6 is 0 Å². The summed E-state index contributed by atoms with van der Waals surface area (Å²) >= 11 is 0. The van der Waals surface area contributed by atoms with Gasteiger partial charge in [0.1, 0.15) is 5.41 Å². The highest BCUT2D eigenvalue weighted by molar-refractivity contribution is 5.88. The van der Waals surface area contributed by atoms with Gasteiger partial charge in [0.15, 0.2) is 0 Å². The van der Waals surface area contributed by atoms with E-state index in [1.54, 1.807) is 0 Å². The number of carbonyl (C=O) groups is 1. The van der Waals surface area contributed by atoms with Crippen molar-refractivity contribution >= 4 is 5.91 Å². The first kappa shape index (κ1) is 9.21. The van der Waals surface area contributed by atoms with Gasteiger partial charge in [0.25, 0.3) is 0 Å². The van der Waals surface area contributed by atoms with Gasteiger partial charge in [-0.05, 0) is 37.5 Å². The summed E-state index contributed by atoms with van der Waals surface area (Å²) < 4.78 is 0. The molecule has 0 aromatic heterocycles. The Bertz CT molecular complexity index is 347. The maximum atomic E-state index is 12.1. The van der Waals surface area contributed by atoms with Crippen LogP contribution in [0.4, 0.5) is 0 Å². The molecule has 0 N–H and O–H groups in total. The lowest BCUT2D eigenvalue weighted by molar-refractivity contribution is -0.134. The lowest BCUT2D eigenvalue weighted by Crippen LogP contribution is -2.39. The van der Waals surface area contributed by atoms with Crippen molar-refractivity contribution in [3.05, 3.63) is 0 Å². The molecular formula is C12H16N2O. The van der Waals surface area contributed by atoms with Gasteiger partial charge in [-0.2, -0.15) is 5.26 Å². The fourth-order valence-electron chi connectivity index (χ4n) is 2.99. The average Bonchev–Trinajstić information content (AvgIpc) is 2.86. The van der Waals surface area contributed by atoms with Gasteiger partial charge < -0.3 is 4.90 Å². The zero-order valence-electron chi connectivity index (χ0n) is 8.96. The van der Waals surface area contributed by atoms with Crippen molar-refractivity contribution in [2.24, 2.45) is 10.8 Å². The molecule has 80 valence electrons. The quantitative estimate of drug-likeness (QED) is 0.652. The lowest BCUT2D eigenvalue weighted by Gasteiger charge is -2.38. The second-order valence-corrected chi connectivity index (χ2v) is 5.52. The van der Waals surface area contributed by atoms with E-state index in [1.165, 1.54) is 25.7 Å². The molecule has 0 aromatic carbocycles. The van der Waals surface area contributed by atoms with Crippen molar-refractivity contribution < 1.29 is 4.79 Å². The monoisotopic (exact) mass is 204 g/mol. The second kappa shape index (κ2) is 2.75. The molecule has 0 bridgehead atoms. The van der Waals surface area contributed by atoms with Crippen LogP contribution in [0.25, 0.3) is 0 Å². The predicted molar refractivity (Wildman–Crippen MR) is 54.8 cm³/mol. The molecule has 3 fully saturated rings. The van der Waals surface area contributed by atoms with Crippen LogP contribution in [0.1, 0.15) is 38.5 Å². The molecule has 1 heterocycles. The third-order valence-electron chi connectivity index (χ3n) is 4.51. The zero-order chi connectivity index (χ0) is 10.5. The molecule has 2 saturated carbocycles. The third kappa shape index (κ3) is 1.20. The number of carbonyl (C=O) groups excluding carboxylic acids is 1. The predicted octanol–water partition coefficient (Wildman–Crippen LogP) is 1.69. The highest BCUT2D eigenvalue weighted by atomic mass is 16.2. The van der Waals surface area contributed by atoms with Gasteiger partial charge >= 0.3 is 0 Å². The second-order valence-electron chi connectivity index (χ2n) is 5.52.